The molecule has 0 radical (unpaired) electrons. The minimum absolute atomic E-state index is 0.0545. The normalized spacial score (nSPS) is 21.2. The number of nitrogens with one attached hydrogen (secondary N) is 1. The van der Waals surface area contributed by atoms with Crippen molar-refractivity contribution in [1.82, 2.24) is 4.90 Å². The number of aliphatic hydroxyl groups excluding tert-OH is 1. The SMILES string of the molecule is CN(CC(=O)Nc1c(Br)cc(Br)cc1Br)CC1CC(O)C1. The molecule has 0 atom stereocenters. The van der Waals surface area contributed by atoms with Crippen molar-refractivity contribution in [3.8, 4) is 0 Å². The summed E-state index contributed by atoms with van der Waals surface area (Å²) in [6, 6.07) is 3.78. The zero-order valence-corrected chi connectivity index (χ0v) is 16.3. The van der Waals surface area contributed by atoms with Crippen molar-refractivity contribution in [3.05, 3.63) is 25.6 Å². The zero-order valence-electron chi connectivity index (χ0n) is 11.6. The van der Waals surface area contributed by atoms with Gasteiger partial charge in [0.25, 0.3) is 0 Å². The van der Waals surface area contributed by atoms with Gasteiger partial charge in [-0.3, -0.25) is 9.69 Å². The van der Waals surface area contributed by atoms with Crippen LogP contribution in [0.4, 0.5) is 5.69 Å². The summed E-state index contributed by atoms with van der Waals surface area (Å²) in [7, 11) is 1.93. The van der Waals surface area contributed by atoms with Crippen LogP contribution in [0.2, 0.25) is 0 Å². The number of likely N-dealkylation sites (N-methyl/N-ethyl adjacent to an activating group) is 1. The van der Waals surface area contributed by atoms with Crippen LogP contribution in [0.5, 0.6) is 0 Å². The van der Waals surface area contributed by atoms with Gasteiger partial charge in [0.2, 0.25) is 5.91 Å². The van der Waals surface area contributed by atoms with Gasteiger partial charge < -0.3 is 10.4 Å². The first kappa shape index (κ1) is 17.4. The quantitative estimate of drug-likeness (QED) is 0.671. The van der Waals surface area contributed by atoms with Crippen LogP contribution in [0.3, 0.4) is 0 Å². The highest BCUT2D eigenvalue weighted by atomic mass is 79.9. The Labute approximate surface area is 149 Å². The summed E-state index contributed by atoms with van der Waals surface area (Å²) in [5, 5.41) is 12.2. The second-order valence-corrected chi connectivity index (χ2v) is 8.10. The maximum Gasteiger partial charge on any atom is 0.238 e. The van der Waals surface area contributed by atoms with Gasteiger partial charge in [0.1, 0.15) is 0 Å². The fourth-order valence-corrected chi connectivity index (χ4v) is 4.90. The molecule has 1 aliphatic carbocycles. The Hall–Kier alpha value is 0.0500. The first-order valence-electron chi connectivity index (χ1n) is 6.66. The van der Waals surface area contributed by atoms with E-state index < -0.39 is 0 Å². The number of rotatable bonds is 5. The molecule has 21 heavy (non-hydrogen) atoms. The van der Waals surface area contributed by atoms with E-state index in [4.69, 9.17) is 0 Å². The lowest BCUT2D eigenvalue weighted by Crippen LogP contribution is -2.40. The van der Waals surface area contributed by atoms with E-state index >= 15 is 0 Å². The maximum absolute atomic E-state index is 12.1. The standard InChI is InChI=1S/C14H17Br3N2O2/c1-19(6-8-2-10(20)3-8)7-13(21)18-14-11(16)4-9(15)5-12(14)17/h4-5,8,10,20H,2-3,6-7H2,1H3,(H,18,21). The molecule has 1 aromatic rings. The fraction of sp³-hybridized carbons (Fsp3) is 0.500. The van der Waals surface area contributed by atoms with E-state index in [0.717, 1.165) is 38.5 Å². The number of amides is 1. The molecule has 1 saturated carbocycles. The Balaban J connectivity index is 1.87. The lowest BCUT2D eigenvalue weighted by atomic mass is 9.82. The highest BCUT2D eigenvalue weighted by Gasteiger charge is 2.28. The van der Waals surface area contributed by atoms with E-state index in [9.17, 15) is 9.90 Å². The second-order valence-electron chi connectivity index (χ2n) is 5.48. The number of nitrogens with zero attached hydrogens (tertiary/aromatic N) is 1. The number of hydrogen-bond acceptors (Lipinski definition) is 3. The zero-order chi connectivity index (χ0) is 15.6. The van der Waals surface area contributed by atoms with Crippen LogP contribution in [0.1, 0.15) is 12.8 Å². The molecule has 2 rings (SSSR count). The average molecular weight is 485 g/mol. The molecule has 7 heteroatoms. The van der Waals surface area contributed by atoms with Crippen LogP contribution in [-0.4, -0.2) is 42.2 Å². The molecule has 116 valence electrons. The number of anilines is 1. The van der Waals surface area contributed by atoms with Gasteiger partial charge >= 0.3 is 0 Å². The molecule has 0 aromatic heterocycles. The summed E-state index contributed by atoms with van der Waals surface area (Å²) < 4.78 is 2.57. The number of carbonyl (C=O) groups excluding carboxylic acids is 1. The van der Waals surface area contributed by atoms with E-state index in [2.05, 4.69) is 53.1 Å². The summed E-state index contributed by atoms with van der Waals surface area (Å²) in [6.07, 6.45) is 1.54. The monoisotopic (exact) mass is 482 g/mol. The van der Waals surface area contributed by atoms with Gasteiger partial charge in [0, 0.05) is 20.0 Å². The van der Waals surface area contributed by atoms with Crippen LogP contribution in [0, 0.1) is 5.92 Å². The first-order valence-corrected chi connectivity index (χ1v) is 9.04. The maximum atomic E-state index is 12.1. The number of aliphatic hydroxyl groups is 1. The molecule has 0 aliphatic heterocycles. The van der Waals surface area contributed by atoms with Crippen LogP contribution in [-0.2, 0) is 4.79 Å². The van der Waals surface area contributed by atoms with Crippen molar-refractivity contribution >= 4 is 59.4 Å². The average Bonchev–Trinajstić information content (AvgIpc) is 2.31. The number of carbonyl (C=O) groups is 1. The van der Waals surface area contributed by atoms with Gasteiger partial charge in [-0.05, 0) is 69.8 Å². The van der Waals surface area contributed by atoms with Gasteiger partial charge in [-0.1, -0.05) is 15.9 Å². The van der Waals surface area contributed by atoms with Crippen molar-refractivity contribution in [2.45, 2.75) is 18.9 Å². The summed E-state index contributed by atoms with van der Waals surface area (Å²) >= 11 is 10.3. The Morgan fingerprint density at radius 2 is 1.90 bits per heavy atom. The van der Waals surface area contributed by atoms with Crippen molar-refractivity contribution in [2.24, 2.45) is 5.92 Å². The molecule has 0 saturated heterocycles. The lowest BCUT2D eigenvalue weighted by Gasteiger charge is -2.34. The van der Waals surface area contributed by atoms with Crippen molar-refractivity contribution in [1.29, 1.82) is 0 Å². The molecule has 0 bridgehead atoms. The molecule has 4 nitrogen and oxygen atoms in total. The summed E-state index contributed by atoms with van der Waals surface area (Å²) in [5.41, 5.74) is 0.732. The van der Waals surface area contributed by atoms with Crippen LogP contribution in [0.15, 0.2) is 25.6 Å². The summed E-state index contributed by atoms with van der Waals surface area (Å²) in [4.78, 5) is 14.1. The fourth-order valence-electron chi connectivity index (χ4n) is 2.44. The van der Waals surface area contributed by atoms with E-state index in [1.165, 1.54) is 0 Å². The third kappa shape index (κ3) is 5.03. The van der Waals surface area contributed by atoms with E-state index in [0.29, 0.717) is 12.5 Å². The van der Waals surface area contributed by atoms with E-state index in [1.54, 1.807) is 0 Å². The summed E-state index contributed by atoms with van der Waals surface area (Å²) in [6.45, 7) is 1.18. The molecular formula is C14H17Br3N2O2. The van der Waals surface area contributed by atoms with Crippen molar-refractivity contribution in [2.75, 3.05) is 25.5 Å². The smallest absolute Gasteiger partial charge is 0.238 e. The molecular weight excluding hydrogens is 468 g/mol. The second kappa shape index (κ2) is 7.55. The molecule has 0 spiro atoms. The molecule has 1 aliphatic rings. The lowest BCUT2D eigenvalue weighted by molar-refractivity contribution is -0.117. The Kier molecular flexibility index (Phi) is 6.25. The van der Waals surface area contributed by atoms with Crippen molar-refractivity contribution in [3.63, 3.8) is 0 Å². The summed E-state index contributed by atoms with van der Waals surface area (Å²) in [5.74, 6) is 0.449. The molecule has 1 amide bonds. The highest BCUT2D eigenvalue weighted by Crippen LogP contribution is 2.34. The van der Waals surface area contributed by atoms with Gasteiger partial charge in [-0.2, -0.15) is 0 Å². The van der Waals surface area contributed by atoms with Gasteiger partial charge in [0.05, 0.1) is 18.3 Å². The first-order chi connectivity index (χ1) is 9.85. The Bertz CT molecular complexity index is 510. The number of benzene rings is 1. The Morgan fingerprint density at radius 3 is 2.43 bits per heavy atom. The Morgan fingerprint density at radius 1 is 1.33 bits per heavy atom. The minimum Gasteiger partial charge on any atom is -0.393 e. The third-order valence-electron chi connectivity index (χ3n) is 3.47. The van der Waals surface area contributed by atoms with Crippen LogP contribution < -0.4 is 5.32 Å². The van der Waals surface area contributed by atoms with Crippen LogP contribution in [0.25, 0.3) is 0 Å². The molecule has 1 fully saturated rings. The molecule has 0 heterocycles. The largest absolute Gasteiger partial charge is 0.393 e. The van der Waals surface area contributed by atoms with E-state index in [-0.39, 0.29) is 12.0 Å². The topological polar surface area (TPSA) is 52.6 Å². The molecule has 1 aromatic carbocycles. The minimum atomic E-state index is -0.146. The number of halogens is 3. The molecule has 0 unspecified atom stereocenters. The van der Waals surface area contributed by atoms with Gasteiger partial charge in [0.15, 0.2) is 0 Å². The van der Waals surface area contributed by atoms with Crippen LogP contribution >= 0.6 is 47.8 Å². The van der Waals surface area contributed by atoms with Gasteiger partial charge in [-0.25, -0.2) is 0 Å². The number of hydrogen-bond donors (Lipinski definition) is 2. The van der Waals surface area contributed by atoms with Crippen molar-refractivity contribution < 1.29 is 9.90 Å². The highest BCUT2D eigenvalue weighted by molar-refractivity contribution is 9.11. The predicted octanol–water partition coefficient (Wildman–Crippen LogP) is 3.62. The van der Waals surface area contributed by atoms with Gasteiger partial charge in [-0.15, -0.1) is 0 Å². The third-order valence-corrected chi connectivity index (χ3v) is 5.17. The predicted molar refractivity (Wildman–Crippen MR) is 94.4 cm³/mol. The molecule has 2 N–H and O–H groups in total. The van der Waals surface area contributed by atoms with E-state index in [1.807, 2.05) is 24.1 Å².